The first-order chi connectivity index (χ1) is 6.52. The van der Waals surface area contributed by atoms with Gasteiger partial charge < -0.3 is 10.2 Å². The van der Waals surface area contributed by atoms with Gasteiger partial charge in [0.2, 0.25) is 0 Å². The van der Waals surface area contributed by atoms with Crippen LogP contribution in [0.5, 0.6) is 0 Å². The van der Waals surface area contributed by atoms with Crippen molar-refractivity contribution in [3.8, 4) is 0 Å². The highest BCUT2D eigenvalue weighted by molar-refractivity contribution is 5.20. The second-order valence-corrected chi connectivity index (χ2v) is 6.21. The van der Waals surface area contributed by atoms with Gasteiger partial charge >= 0.3 is 0 Å². The smallest absolute Gasteiger partial charge is 0.0731 e. The van der Waals surface area contributed by atoms with E-state index in [1.54, 1.807) is 0 Å². The SMILES string of the molecule is CC1(C)[C@@H]2CC[C@@]3(O)[C@H](CO)[C@H]1[C@@H]3C2. The van der Waals surface area contributed by atoms with Crippen LogP contribution in [0.4, 0.5) is 0 Å². The molecule has 5 atom stereocenters. The summed E-state index contributed by atoms with van der Waals surface area (Å²) < 4.78 is 0. The maximum absolute atomic E-state index is 10.5. The lowest BCUT2D eigenvalue weighted by Crippen LogP contribution is -2.63. The van der Waals surface area contributed by atoms with Crippen LogP contribution in [0.15, 0.2) is 0 Å². The van der Waals surface area contributed by atoms with Crippen LogP contribution >= 0.6 is 0 Å². The normalized spacial score (nSPS) is 58.3. The van der Waals surface area contributed by atoms with Crippen molar-refractivity contribution in [1.29, 1.82) is 0 Å². The van der Waals surface area contributed by atoms with Crippen molar-refractivity contribution in [1.82, 2.24) is 0 Å². The summed E-state index contributed by atoms with van der Waals surface area (Å²) in [4.78, 5) is 0. The van der Waals surface area contributed by atoms with Crippen molar-refractivity contribution < 1.29 is 10.2 Å². The fourth-order valence-electron chi connectivity index (χ4n) is 4.87. The fraction of sp³-hybridized carbons (Fsp3) is 1.00. The summed E-state index contributed by atoms with van der Waals surface area (Å²) in [5.41, 5.74) is -0.148. The molecule has 0 aromatic heterocycles. The van der Waals surface area contributed by atoms with Crippen LogP contribution in [0.3, 0.4) is 0 Å². The van der Waals surface area contributed by atoms with Gasteiger partial charge in [0.15, 0.2) is 0 Å². The minimum absolute atomic E-state index is 0.162. The Morgan fingerprint density at radius 1 is 1.36 bits per heavy atom. The molecule has 3 saturated carbocycles. The van der Waals surface area contributed by atoms with Crippen LogP contribution in [0.25, 0.3) is 0 Å². The Hall–Kier alpha value is -0.0800. The van der Waals surface area contributed by atoms with Crippen molar-refractivity contribution >= 4 is 0 Å². The Kier molecular flexibility index (Phi) is 1.54. The maximum atomic E-state index is 10.5. The summed E-state index contributed by atoms with van der Waals surface area (Å²) in [6, 6.07) is 0. The summed E-state index contributed by atoms with van der Waals surface area (Å²) in [6.45, 7) is 4.83. The summed E-state index contributed by atoms with van der Waals surface area (Å²) in [7, 11) is 0. The summed E-state index contributed by atoms with van der Waals surface area (Å²) in [5, 5.41) is 19.8. The first-order valence-corrected chi connectivity index (χ1v) is 5.85. The van der Waals surface area contributed by atoms with Crippen LogP contribution in [-0.2, 0) is 0 Å². The van der Waals surface area contributed by atoms with E-state index < -0.39 is 5.60 Å². The number of hydrogen-bond donors (Lipinski definition) is 2. The van der Waals surface area contributed by atoms with E-state index in [1.807, 2.05) is 0 Å². The second kappa shape index (κ2) is 2.35. The van der Waals surface area contributed by atoms with Gasteiger partial charge in [0.1, 0.15) is 0 Å². The molecule has 0 radical (unpaired) electrons. The molecule has 2 nitrogen and oxygen atoms in total. The number of aliphatic hydroxyl groups is 2. The van der Waals surface area contributed by atoms with Gasteiger partial charge in [0.05, 0.1) is 5.60 Å². The van der Waals surface area contributed by atoms with Gasteiger partial charge in [-0.25, -0.2) is 0 Å². The van der Waals surface area contributed by atoms with E-state index in [-0.39, 0.29) is 12.5 Å². The molecule has 0 heterocycles. The van der Waals surface area contributed by atoms with Gasteiger partial charge in [-0.15, -0.1) is 0 Å². The van der Waals surface area contributed by atoms with Gasteiger partial charge in [-0.2, -0.15) is 0 Å². The number of rotatable bonds is 1. The lowest BCUT2D eigenvalue weighted by atomic mass is 9.50. The molecular formula is C12H20O2. The van der Waals surface area contributed by atoms with Crippen molar-refractivity contribution in [2.45, 2.75) is 38.7 Å². The third-order valence-electron chi connectivity index (χ3n) is 5.69. The Labute approximate surface area is 85.3 Å². The first-order valence-electron chi connectivity index (χ1n) is 5.85. The standard InChI is InChI=1S/C12H20O2/c1-11(2)7-3-4-12(14)8(5-7)10(11)9(12)6-13/h7-10,13-14H,3-6H2,1-2H3/t7-,8+,9-,10-,12+/m1/s1. The van der Waals surface area contributed by atoms with E-state index in [0.717, 1.165) is 18.8 Å². The quantitative estimate of drug-likeness (QED) is 0.665. The molecule has 0 aromatic rings. The third kappa shape index (κ3) is 0.737. The van der Waals surface area contributed by atoms with E-state index >= 15 is 0 Å². The van der Waals surface area contributed by atoms with E-state index in [1.165, 1.54) is 6.42 Å². The second-order valence-electron chi connectivity index (χ2n) is 6.21. The van der Waals surface area contributed by atoms with Crippen LogP contribution in [0.1, 0.15) is 33.1 Å². The van der Waals surface area contributed by atoms with Gasteiger partial charge in [-0.05, 0) is 42.4 Å². The molecule has 2 bridgehead atoms. The maximum Gasteiger partial charge on any atom is 0.0731 e. The zero-order valence-corrected chi connectivity index (χ0v) is 9.03. The predicted molar refractivity (Wildman–Crippen MR) is 53.6 cm³/mol. The van der Waals surface area contributed by atoms with Gasteiger partial charge in [0.25, 0.3) is 0 Å². The Balaban J connectivity index is 2.01. The molecule has 3 aliphatic carbocycles. The molecule has 0 spiro atoms. The molecule has 2 heteroatoms. The number of hydrogen-bond acceptors (Lipinski definition) is 2. The van der Waals surface area contributed by atoms with Crippen LogP contribution in [0.2, 0.25) is 0 Å². The first kappa shape index (κ1) is 9.17. The highest BCUT2D eigenvalue weighted by atomic mass is 16.3. The van der Waals surface area contributed by atoms with Crippen LogP contribution in [-0.4, -0.2) is 22.4 Å². The molecule has 14 heavy (non-hydrogen) atoms. The molecule has 3 fully saturated rings. The van der Waals surface area contributed by atoms with Crippen LogP contribution in [0, 0.1) is 29.1 Å². The lowest BCUT2D eigenvalue weighted by Gasteiger charge is -2.58. The largest absolute Gasteiger partial charge is 0.396 e. The topological polar surface area (TPSA) is 40.5 Å². The van der Waals surface area contributed by atoms with Crippen molar-refractivity contribution in [2.24, 2.45) is 29.1 Å². The molecule has 3 aliphatic rings. The Morgan fingerprint density at radius 3 is 2.71 bits per heavy atom. The van der Waals surface area contributed by atoms with E-state index in [2.05, 4.69) is 13.8 Å². The molecule has 3 rings (SSSR count). The highest BCUT2D eigenvalue weighted by Crippen LogP contribution is 2.71. The molecule has 2 N–H and O–H groups in total. The number of aliphatic hydroxyl groups excluding tert-OH is 1. The van der Waals surface area contributed by atoms with E-state index in [9.17, 15) is 10.2 Å². The average Bonchev–Trinajstić information content (AvgIpc) is 2.24. The molecule has 0 saturated heterocycles. The Morgan fingerprint density at radius 2 is 2.07 bits per heavy atom. The molecule has 0 aliphatic heterocycles. The van der Waals surface area contributed by atoms with Crippen molar-refractivity contribution in [3.63, 3.8) is 0 Å². The third-order valence-corrected chi connectivity index (χ3v) is 5.69. The van der Waals surface area contributed by atoms with Crippen molar-refractivity contribution in [2.75, 3.05) is 6.61 Å². The fourth-order valence-corrected chi connectivity index (χ4v) is 4.87. The van der Waals surface area contributed by atoms with Gasteiger partial charge in [-0.1, -0.05) is 13.8 Å². The monoisotopic (exact) mass is 196 g/mol. The zero-order chi connectivity index (χ0) is 10.1. The Bertz CT molecular complexity index is 273. The lowest BCUT2D eigenvalue weighted by molar-refractivity contribution is -0.217. The zero-order valence-electron chi connectivity index (χ0n) is 9.03. The minimum Gasteiger partial charge on any atom is -0.396 e. The molecule has 0 aromatic carbocycles. The highest BCUT2D eigenvalue weighted by Gasteiger charge is 2.72. The van der Waals surface area contributed by atoms with E-state index in [4.69, 9.17) is 0 Å². The minimum atomic E-state index is -0.496. The number of fused-ring (bicyclic) bond motifs is 1. The summed E-state index contributed by atoms with van der Waals surface area (Å²) in [5.74, 6) is 2.02. The van der Waals surface area contributed by atoms with Crippen molar-refractivity contribution in [3.05, 3.63) is 0 Å². The van der Waals surface area contributed by atoms with Gasteiger partial charge in [0, 0.05) is 12.5 Å². The van der Waals surface area contributed by atoms with Gasteiger partial charge in [-0.3, -0.25) is 0 Å². The average molecular weight is 196 g/mol. The molecular weight excluding hydrogens is 176 g/mol. The molecule has 80 valence electrons. The molecule has 0 unspecified atom stereocenters. The molecule has 0 amide bonds. The van der Waals surface area contributed by atoms with E-state index in [0.29, 0.717) is 17.3 Å². The summed E-state index contributed by atoms with van der Waals surface area (Å²) >= 11 is 0. The van der Waals surface area contributed by atoms with Crippen LogP contribution < -0.4 is 0 Å². The predicted octanol–water partition coefficient (Wildman–Crippen LogP) is 1.41. The summed E-state index contributed by atoms with van der Waals surface area (Å²) in [6.07, 6.45) is 3.28.